The van der Waals surface area contributed by atoms with Crippen molar-refractivity contribution in [1.29, 1.82) is 0 Å². The average molecular weight is 272 g/mol. The van der Waals surface area contributed by atoms with Gasteiger partial charge in [0, 0.05) is 12.6 Å². The van der Waals surface area contributed by atoms with Crippen molar-refractivity contribution >= 4 is 5.95 Å². The van der Waals surface area contributed by atoms with Crippen LogP contribution in [0.2, 0.25) is 0 Å². The fraction of sp³-hybridized carbons (Fsp3) is 0.400. The molecule has 1 heterocycles. The second-order valence-electron chi connectivity index (χ2n) is 4.40. The summed E-state index contributed by atoms with van der Waals surface area (Å²) in [5.41, 5.74) is 2.27. The van der Waals surface area contributed by atoms with Gasteiger partial charge in [0.1, 0.15) is 0 Å². The van der Waals surface area contributed by atoms with Crippen LogP contribution in [0.15, 0.2) is 24.3 Å². The van der Waals surface area contributed by atoms with E-state index in [4.69, 9.17) is 4.74 Å². The molecule has 5 heteroatoms. The first kappa shape index (κ1) is 14.2. The molecule has 0 amide bonds. The summed E-state index contributed by atoms with van der Waals surface area (Å²) < 4.78 is 5.39. The lowest BCUT2D eigenvalue weighted by Gasteiger charge is -2.08. The van der Waals surface area contributed by atoms with Gasteiger partial charge in [-0.2, -0.15) is 15.0 Å². The van der Waals surface area contributed by atoms with Crippen LogP contribution in [0.5, 0.6) is 6.01 Å². The lowest BCUT2D eigenvalue weighted by Crippen LogP contribution is -2.05. The summed E-state index contributed by atoms with van der Waals surface area (Å²) in [5.74, 6) is 1.14. The van der Waals surface area contributed by atoms with E-state index in [1.54, 1.807) is 7.05 Å². The summed E-state index contributed by atoms with van der Waals surface area (Å²) in [6.07, 6.45) is 2.17. The maximum atomic E-state index is 5.39. The van der Waals surface area contributed by atoms with Crippen LogP contribution in [-0.2, 0) is 6.42 Å². The molecule has 1 aromatic carbocycles. The largest absolute Gasteiger partial charge is 0.464 e. The van der Waals surface area contributed by atoms with E-state index in [-0.39, 0.29) is 0 Å². The average Bonchev–Trinajstić information content (AvgIpc) is 2.48. The summed E-state index contributed by atoms with van der Waals surface area (Å²) in [6, 6.07) is 8.63. The number of nitrogens with one attached hydrogen (secondary N) is 1. The molecule has 5 nitrogen and oxygen atoms in total. The molecule has 106 valence electrons. The van der Waals surface area contributed by atoms with Crippen molar-refractivity contribution in [2.75, 3.05) is 19.0 Å². The van der Waals surface area contributed by atoms with Crippen LogP contribution in [0.1, 0.15) is 25.8 Å². The van der Waals surface area contributed by atoms with E-state index >= 15 is 0 Å². The fourth-order valence-corrected chi connectivity index (χ4v) is 1.95. The van der Waals surface area contributed by atoms with Crippen molar-refractivity contribution < 1.29 is 4.74 Å². The Morgan fingerprint density at radius 3 is 2.70 bits per heavy atom. The van der Waals surface area contributed by atoms with Gasteiger partial charge in [-0.3, -0.25) is 0 Å². The molecule has 0 radical (unpaired) electrons. The third-order valence-corrected chi connectivity index (χ3v) is 2.84. The van der Waals surface area contributed by atoms with Crippen LogP contribution >= 0.6 is 0 Å². The number of aromatic nitrogens is 3. The minimum Gasteiger partial charge on any atom is -0.464 e. The van der Waals surface area contributed by atoms with E-state index < -0.39 is 0 Å². The maximum Gasteiger partial charge on any atom is 0.321 e. The van der Waals surface area contributed by atoms with Gasteiger partial charge >= 0.3 is 6.01 Å². The molecule has 0 saturated heterocycles. The van der Waals surface area contributed by atoms with Gasteiger partial charge in [0.05, 0.1) is 6.61 Å². The summed E-state index contributed by atoms with van der Waals surface area (Å²) in [7, 11) is 1.78. The van der Waals surface area contributed by atoms with Crippen LogP contribution in [0, 0.1) is 0 Å². The second-order valence-corrected chi connectivity index (χ2v) is 4.40. The molecule has 0 atom stereocenters. The Morgan fingerprint density at radius 1 is 1.15 bits per heavy atom. The number of anilines is 1. The van der Waals surface area contributed by atoms with Gasteiger partial charge in [0.25, 0.3) is 0 Å². The lowest BCUT2D eigenvalue weighted by molar-refractivity contribution is 0.312. The highest BCUT2D eigenvalue weighted by atomic mass is 16.5. The zero-order chi connectivity index (χ0) is 14.4. The number of rotatable bonds is 6. The van der Waals surface area contributed by atoms with Gasteiger partial charge in [0.2, 0.25) is 5.95 Å². The predicted molar refractivity (Wildman–Crippen MR) is 80.0 cm³/mol. The topological polar surface area (TPSA) is 59.9 Å². The summed E-state index contributed by atoms with van der Waals surface area (Å²) in [4.78, 5) is 12.9. The number of ether oxygens (including phenoxy) is 1. The Bertz CT molecular complexity index is 572. The molecule has 1 aromatic heterocycles. The maximum absolute atomic E-state index is 5.39. The number of nitrogens with zero attached hydrogens (tertiary/aromatic N) is 3. The Kier molecular flexibility index (Phi) is 4.87. The lowest BCUT2D eigenvalue weighted by atomic mass is 10.1. The van der Waals surface area contributed by atoms with Gasteiger partial charge in [-0.1, -0.05) is 31.5 Å². The number of hydrogen-bond acceptors (Lipinski definition) is 5. The molecule has 2 aromatic rings. The van der Waals surface area contributed by atoms with Crippen molar-refractivity contribution in [3.8, 4) is 17.4 Å². The molecular formula is C15H20N4O. The highest BCUT2D eigenvalue weighted by Gasteiger charge is 2.09. The van der Waals surface area contributed by atoms with Crippen molar-refractivity contribution in [2.24, 2.45) is 0 Å². The predicted octanol–water partition coefficient (Wildman–Crippen LogP) is 2.93. The highest BCUT2D eigenvalue weighted by molar-refractivity contribution is 5.57. The molecule has 2 rings (SSSR count). The van der Waals surface area contributed by atoms with Crippen molar-refractivity contribution in [3.63, 3.8) is 0 Å². The van der Waals surface area contributed by atoms with E-state index in [1.807, 2.05) is 19.1 Å². The van der Waals surface area contributed by atoms with E-state index in [0.717, 1.165) is 18.4 Å². The first-order valence-corrected chi connectivity index (χ1v) is 6.92. The number of aryl methyl sites for hydroxylation is 1. The first-order chi connectivity index (χ1) is 9.76. The molecular weight excluding hydrogens is 252 g/mol. The van der Waals surface area contributed by atoms with E-state index in [1.165, 1.54) is 5.56 Å². The second kappa shape index (κ2) is 6.84. The van der Waals surface area contributed by atoms with Crippen molar-refractivity contribution in [3.05, 3.63) is 29.8 Å². The van der Waals surface area contributed by atoms with Gasteiger partial charge in [-0.15, -0.1) is 0 Å². The molecule has 1 N–H and O–H groups in total. The Hall–Kier alpha value is -2.17. The van der Waals surface area contributed by atoms with E-state index in [0.29, 0.717) is 24.4 Å². The zero-order valence-corrected chi connectivity index (χ0v) is 12.2. The van der Waals surface area contributed by atoms with Crippen molar-refractivity contribution in [2.45, 2.75) is 26.7 Å². The standard InChI is InChI=1S/C15H20N4O/c1-4-7-11-8-6-9-12(10-11)13-17-14(16-3)19-15(18-13)20-5-2/h6,8-10H,4-5,7H2,1-3H3,(H,16,17,18,19). The molecule has 0 aliphatic rings. The van der Waals surface area contributed by atoms with E-state index in [2.05, 4.69) is 39.3 Å². The molecule has 20 heavy (non-hydrogen) atoms. The van der Waals surface area contributed by atoms with E-state index in [9.17, 15) is 0 Å². The molecule has 0 spiro atoms. The minimum absolute atomic E-state index is 0.350. The first-order valence-electron chi connectivity index (χ1n) is 6.92. The molecule has 0 aliphatic heterocycles. The minimum atomic E-state index is 0.350. The van der Waals surface area contributed by atoms with Crippen molar-refractivity contribution in [1.82, 2.24) is 15.0 Å². The molecule has 0 unspecified atom stereocenters. The Morgan fingerprint density at radius 2 is 2.00 bits per heavy atom. The number of hydrogen-bond donors (Lipinski definition) is 1. The fourth-order valence-electron chi connectivity index (χ4n) is 1.95. The quantitative estimate of drug-likeness (QED) is 0.876. The number of benzene rings is 1. The normalized spacial score (nSPS) is 10.3. The van der Waals surface area contributed by atoms with Gasteiger partial charge in [-0.05, 0) is 25.0 Å². The van der Waals surface area contributed by atoms with Crippen LogP contribution < -0.4 is 10.1 Å². The van der Waals surface area contributed by atoms with Gasteiger partial charge < -0.3 is 10.1 Å². The molecule has 0 saturated carbocycles. The SMILES string of the molecule is CCCc1cccc(-c2nc(NC)nc(OCC)n2)c1. The monoisotopic (exact) mass is 272 g/mol. The molecule has 0 aliphatic carbocycles. The van der Waals surface area contributed by atoms with Crippen LogP contribution in [-0.4, -0.2) is 28.6 Å². The van der Waals surface area contributed by atoms with Gasteiger partial charge in [0.15, 0.2) is 5.82 Å². The third-order valence-electron chi connectivity index (χ3n) is 2.84. The summed E-state index contributed by atoms with van der Waals surface area (Å²) in [6.45, 7) is 4.61. The summed E-state index contributed by atoms with van der Waals surface area (Å²) in [5, 5.41) is 2.93. The Balaban J connectivity index is 2.39. The van der Waals surface area contributed by atoms with Crippen LogP contribution in [0.3, 0.4) is 0 Å². The third kappa shape index (κ3) is 3.44. The smallest absolute Gasteiger partial charge is 0.321 e. The van der Waals surface area contributed by atoms with Crippen LogP contribution in [0.4, 0.5) is 5.95 Å². The Labute approximate surface area is 119 Å². The molecule has 0 bridgehead atoms. The molecule has 0 fully saturated rings. The van der Waals surface area contributed by atoms with Crippen LogP contribution in [0.25, 0.3) is 11.4 Å². The zero-order valence-electron chi connectivity index (χ0n) is 12.2. The van der Waals surface area contributed by atoms with Gasteiger partial charge in [-0.25, -0.2) is 0 Å². The highest BCUT2D eigenvalue weighted by Crippen LogP contribution is 2.20. The summed E-state index contributed by atoms with van der Waals surface area (Å²) >= 11 is 0.